The highest BCUT2D eigenvalue weighted by Gasteiger charge is 2.29. The molecule has 0 aromatic heterocycles. The number of methoxy groups -OCH3 is 3. The van der Waals surface area contributed by atoms with E-state index in [-0.39, 0.29) is 28.3 Å². The first kappa shape index (κ1) is 30.8. The Balaban J connectivity index is 0.000000371. The first-order valence-corrected chi connectivity index (χ1v) is 11.0. The second-order valence-corrected chi connectivity index (χ2v) is 9.96. The Labute approximate surface area is 214 Å². The third kappa shape index (κ3) is 7.38. The molecule has 0 amide bonds. The number of phenols is 1. The van der Waals surface area contributed by atoms with Crippen molar-refractivity contribution in [3.63, 3.8) is 0 Å². The minimum absolute atomic E-state index is 0.0594. The number of carbonyl (C=O) groups is 2. The quantitative estimate of drug-likeness (QED) is 0.319. The van der Waals surface area contributed by atoms with E-state index in [4.69, 9.17) is 4.74 Å². The van der Waals surface area contributed by atoms with Gasteiger partial charge in [0.25, 0.3) is 11.4 Å². The van der Waals surface area contributed by atoms with Crippen LogP contribution in [0.3, 0.4) is 0 Å². The van der Waals surface area contributed by atoms with Crippen molar-refractivity contribution < 1.29 is 38.8 Å². The van der Waals surface area contributed by atoms with Crippen LogP contribution in [-0.4, -0.2) is 48.2 Å². The van der Waals surface area contributed by atoms with E-state index in [2.05, 4.69) is 9.47 Å². The van der Waals surface area contributed by atoms with Crippen LogP contribution in [0.4, 0.5) is 11.4 Å². The van der Waals surface area contributed by atoms with Crippen LogP contribution < -0.4 is 4.74 Å². The molecule has 0 aliphatic carbocycles. The summed E-state index contributed by atoms with van der Waals surface area (Å²) in [4.78, 5) is 43.8. The van der Waals surface area contributed by atoms with Gasteiger partial charge in [-0.3, -0.25) is 20.2 Å². The number of aromatic hydroxyl groups is 1. The fourth-order valence-electron chi connectivity index (χ4n) is 3.32. The lowest BCUT2D eigenvalue weighted by molar-refractivity contribution is -0.385. The van der Waals surface area contributed by atoms with Crippen molar-refractivity contribution in [2.75, 3.05) is 21.3 Å². The number of non-ortho nitro benzene ring substituents is 2. The Morgan fingerprint density at radius 1 is 0.730 bits per heavy atom. The summed E-state index contributed by atoms with van der Waals surface area (Å²) < 4.78 is 14.4. The normalized spacial score (nSPS) is 11.1. The molecular weight excluding hydrogens is 488 g/mol. The zero-order valence-corrected chi connectivity index (χ0v) is 22.3. The monoisotopic (exact) mass is 520 g/mol. The van der Waals surface area contributed by atoms with Gasteiger partial charge in [-0.15, -0.1) is 0 Å². The van der Waals surface area contributed by atoms with E-state index >= 15 is 0 Å². The number of nitro groups is 2. The highest BCUT2D eigenvalue weighted by molar-refractivity contribution is 5.94. The van der Waals surface area contributed by atoms with Gasteiger partial charge in [-0.1, -0.05) is 41.5 Å². The van der Waals surface area contributed by atoms with Gasteiger partial charge in [0.05, 0.1) is 31.2 Å². The molecule has 2 aromatic rings. The van der Waals surface area contributed by atoms with E-state index in [9.17, 15) is 34.9 Å². The van der Waals surface area contributed by atoms with Crippen molar-refractivity contribution in [1.29, 1.82) is 0 Å². The Morgan fingerprint density at radius 3 is 1.46 bits per heavy atom. The Hall–Kier alpha value is -4.22. The molecule has 2 rings (SSSR count). The second-order valence-electron chi connectivity index (χ2n) is 9.96. The third-order valence-corrected chi connectivity index (χ3v) is 5.22. The number of benzene rings is 2. The highest BCUT2D eigenvalue weighted by Crippen LogP contribution is 2.38. The predicted octanol–water partition coefficient (Wildman–Crippen LogP) is 5.07. The van der Waals surface area contributed by atoms with Crippen molar-refractivity contribution >= 4 is 23.3 Å². The zero-order valence-electron chi connectivity index (χ0n) is 22.3. The van der Waals surface area contributed by atoms with Gasteiger partial charge >= 0.3 is 11.9 Å². The molecule has 37 heavy (non-hydrogen) atoms. The summed E-state index contributed by atoms with van der Waals surface area (Å²) in [7, 11) is 3.79. The van der Waals surface area contributed by atoms with Crippen LogP contribution in [0.15, 0.2) is 24.3 Å². The molecule has 1 N–H and O–H groups in total. The van der Waals surface area contributed by atoms with Crippen molar-refractivity contribution in [1.82, 2.24) is 0 Å². The highest BCUT2D eigenvalue weighted by atomic mass is 16.6. The molecular formula is C25H32N2O10. The first-order valence-electron chi connectivity index (χ1n) is 11.0. The standard InChI is InChI=1S/C13H17NO5.C12H15NO5/c1-13(2,3)10-7-8(14(16)17)6-9(11(10)18-4)12(15)19-5;1-12(2,3)9-6-7(13(16)17)5-8(10(9)14)11(15)18-4/h6-7H,1-5H3;5-6,14H,1-4H3. The summed E-state index contributed by atoms with van der Waals surface area (Å²) in [5.74, 6) is -1.43. The van der Waals surface area contributed by atoms with Crippen LogP contribution in [0.25, 0.3) is 0 Å². The average Bonchev–Trinajstić information content (AvgIpc) is 2.81. The minimum atomic E-state index is -0.804. The van der Waals surface area contributed by atoms with E-state index in [1.165, 1.54) is 32.4 Å². The first-order chi connectivity index (χ1) is 16.9. The topological polar surface area (TPSA) is 168 Å². The summed E-state index contributed by atoms with van der Waals surface area (Å²) in [6, 6.07) is 4.86. The Kier molecular flexibility index (Phi) is 9.72. The van der Waals surface area contributed by atoms with Crippen LogP contribution in [-0.2, 0) is 20.3 Å². The summed E-state index contributed by atoms with van der Waals surface area (Å²) in [5, 5.41) is 31.8. The predicted molar refractivity (Wildman–Crippen MR) is 134 cm³/mol. The summed E-state index contributed by atoms with van der Waals surface area (Å²) in [5.41, 5.74) is -0.564. The van der Waals surface area contributed by atoms with Gasteiger partial charge in [-0.05, 0) is 10.8 Å². The second kappa shape index (κ2) is 11.7. The molecule has 0 saturated carbocycles. The molecule has 0 fully saturated rings. The Bertz CT molecular complexity index is 1210. The van der Waals surface area contributed by atoms with Crippen LogP contribution >= 0.6 is 0 Å². The molecule has 0 aliphatic heterocycles. The third-order valence-electron chi connectivity index (χ3n) is 5.22. The molecule has 0 bridgehead atoms. The van der Waals surface area contributed by atoms with Crippen LogP contribution in [0, 0.1) is 20.2 Å². The maximum absolute atomic E-state index is 11.7. The van der Waals surface area contributed by atoms with Crippen LogP contribution in [0.1, 0.15) is 73.4 Å². The number of hydrogen-bond acceptors (Lipinski definition) is 10. The van der Waals surface area contributed by atoms with Gasteiger partial charge in [-0.2, -0.15) is 0 Å². The van der Waals surface area contributed by atoms with Crippen molar-refractivity contribution in [2.24, 2.45) is 0 Å². The molecule has 0 unspecified atom stereocenters. The Morgan fingerprint density at radius 2 is 1.11 bits per heavy atom. The molecule has 202 valence electrons. The molecule has 0 atom stereocenters. The van der Waals surface area contributed by atoms with Gasteiger partial charge in [0.2, 0.25) is 0 Å². The number of ether oxygens (including phenoxy) is 3. The maximum atomic E-state index is 11.7. The fraction of sp³-hybridized carbons (Fsp3) is 0.440. The fourth-order valence-corrected chi connectivity index (χ4v) is 3.32. The van der Waals surface area contributed by atoms with E-state index < -0.39 is 32.6 Å². The van der Waals surface area contributed by atoms with Gasteiger partial charge in [0.1, 0.15) is 22.6 Å². The number of rotatable bonds is 5. The van der Waals surface area contributed by atoms with Crippen LogP contribution in [0.5, 0.6) is 11.5 Å². The maximum Gasteiger partial charge on any atom is 0.341 e. The number of esters is 2. The van der Waals surface area contributed by atoms with Crippen LogP contribution in [0.2, 0.25) is 0 Å². The smallest absolute Gasteiger partial charge is 0.341 e. The number of nitro benzene ring substituents is 2. The molecule has 0 radical (unpaired) electrons. The molecule has 0 aliphatic rings. The molecule has 2 aromatic carbocycles. The lowest BCUT2D eigenvalue weighted by atomic mass is 9.84. The lowest BCUT2D eigenvalue weighted by Crippen LogP contribution is -2.16. The minimum Gasteiger partial charge on any atom is -0.507 e. The zero-order chi connectivity index (χ0) is 28.9. The number of carbonyl (C=O) groups excluding carboxylic acids is 2. The van der Waals surface area contributed by atoms with Gasteiger partial charge in [0, 0.05) is 35.4 Å². The number of phenolic OH excluding ortho intramolecular Hbond substituents is 1. The SMILES string of the molecule is COC(=O)c1cc([N+](=O)[O-])cc(C(C)(C)C)c1O.COC(=O)c1cc([N+](=O)[O-])cc(C(C)(C)C)c1OC. The lowest BCUT2D eigenvalue weighted by Gasteiger charge is -2.23. The number of hydrogen-bond donors (Lipinski definition) is 1. The molecule has 0 saturated heterocycles. The van der Waals surface area contributed by atoms with E-state index in [0.29, 0.717) is 16.9 Å². The van der Waals surface area contributed by atoms with Gasteiger partial charge < -0.3 is 19.3 Å². The van der Waals surface area contributed by atoms with E-state index in [1.54, 1.807) is 20.8 Å². The van der Waals surface area contributed by atoms with Crippen molar-refractivity contribution in [3.8, 4) is 11.5 Å². The molecule has 0 spiro atoms. The van der Waals surface area contributed by atoms with Crippen molar-refractivity contribution in [2.45, 2.75) is 52.4 Å². The summed E-state index contributed by atoms with van der Waals surface area (Å²) in [6.45, 7) is 11.0. The number of nitrogens with zero attached hydrogens (tertiary/aromatic N) is 2. The van der Waals surface area contributed by atoms with E-state index in [0.717, 1.165) is 13.2 Å². The molecule has 12 nitrogen and oxygen atoms in total. The van der Waals surface area contributed by atoms with Gasteiger partial charge in [-0.25, -0.2) is 9.59 Å². The molecule has 12 heteroatoms. The summed E-state index contributed by atoms with van der Waals surface area (Å²) >= 11 is 0. The average molecular weight is 521 g/mol. The van der Waals surface area contributed by atoms with Gasteiger partial charge in [0.15, 0.2) is 0 Å². The molecule has 0 heterocycles. The largest absolute Gasteiger partial charge is 0.507 e. The van der Waals surface area contributed by atoms with Crippen molar-refractivity contribution in [3.05, 3.63) is 66.7 Å². The summed E-state index contributed by atoms with van der Waals surface area (Å²) in [6.07, 6.45) is 0. The van der Waals surface area contributed by atoms with E-state index in [1.807, 2.05) is 20.8 Å².